The lowest BCUT2D eigenvalue weighted by Gasteiger charge is -2.12. The lowest BCUT2D eigenvalue weighted by Crippen LogP contribution is -2.13. The Hall–Kier alpha value is -1.69. The van der Waals surface area contributed by atoms with Gasteiger partial charge >= 0.3 is 0 Å². The van der Waals surface area contributed by atoms with Crippen LogP contribution in [0.1, 0.15) is 18.9 Å². The van der Waals surface area contributed by atoms with Gasteiger partial charge in [-0.3, -0.25) is 0 Å². The molecule has 1 aromatic rings. The Morgan fingerprint density at radius 1 is 1.57 bits per heavy atom. The molecule has 0 bridgehead atoms. The van der Waals surface area contributed by atoms with Crippen molar-refractivity contribution >= 4 is 5.69 Å². The van der Waals surface area contributed by atoms with Crippen LogP contribution in [0.2, 0.25) is 0 Å². The number of nitriles is 1. The number of hydrogen-bond acceptors (Lipinski definition) is 3. The van der Waals surface area contributed by atoms with Crippen LogP contribution in [0, 0.1) is 18.3 Å². The summed E-state index contributed by atoms with van der Waals surface area (Å²) in [5, 5.41) is 8.72. The van der Waals surface area contributed by atoms with Gasteiger partial charge in [0.2, 0.25) is 0 Å². The summed E-state index contributed by atoms with van der Waals surface area (Å²) in [4.78, 5) is 0. The van der Waals surface area contributed by atoms with Crippen molar-refractivity contribution in [2.24, 2.45) is 0 Å². The second-order valence-electron chi connectivity index (χ2n) is 3.19. The van der Waals surface area contributed by atoms with Crippen molar-refractivity contribution in [1.29, 1.82) is 5.26 Å². The predicted molar refractivity (Wildman–Crippen MR) is 55.9 cm³/mol. The van der Waals surface area contributed by atoms with E-state index in [4.69, 9.17) is 15.7 Å². The smallest absolute Gasteiger partial charge is 0.184 e. The highest BCUT2D eigenvalue weighted by Gasteiger charge is 2.08. The number of hydrogen-bond donors (Lipinski definition) is 1. The summed E-state index contributed by atoms with van der Waals surface area (Å²) in [7, 11) is 0. The Kier molecular flexibility index (Phi) is 3.35. The molecule has 1 unspecified atom stereocenters. The summed E-state index contributed by atoms with van der Waals surface area (Å²) in [5.74, 6) is 0.587. The molecule has 14 heavy (non-hydrogen) atoms. The molecule has 0 amide bonds. The van der Waals surface area contributed by atoms with Crippen LogP contribution in [0.25, 0.3) is 0 Å². The molecule has 0 aliphatic carbocycles. The number of benzene rings is 1. The third-order valence-electron chi connectivity index (χ3n) is 1.95. The van der Waals surface area contributed by atoms with Crippen molar-refractivity contribution in [3.63, 3.8) is 0 Å². The first kappa shape index (κ1) is 10.4. The summed E-state index contributed by atoms with van der Waals surface area (Å²) < 4.78 is 5.41. The minimum Gasteiger partial charge on any atom is -0.473 e. The van der Waals surface area contributed by atoms with E-state index in [-0.39, 0.29) is 0 Å². The lowest BCUT2D eigenvalue weighted by atomic mass is 10.2. The molecule has 0 radical (unpaired) electrons. The Morgan fingerprint density at radius 3 is 2.79 bits per heavy atom. The van der Waals surface area contributed by atoms with E-state index in [0.717, 1.165) is 5.56 Å². The summed E-state index contributed by atoms with van der Waals surface area (Å²) in [5.41, 5.74) is 7.41. The van der Waals surface area contributed by atoms with E-state index >= 15 is 0 Å². The largest absolute Gasteiger partial charge is 0.473 e. The highest BCUT2D eigenvalue weighted by Crippen LogP contribution is 2.23. The molecular formula is C11H14N2O. The van der Waals surface area contributed by atoms with Gasteiger partial charge in [-0.2, -0.15) is 5.26 Å². The minimum absolute atomic E-state index is 0.417. The number of aryl methyl sites for hydroxylation is 1. The quantitative estimate of drug-likeness (QED) is 0.744. The number of anilines is 1. The molecule has 1 rings (SSSR count). The van der Waals surface area contributed by atoms with Crippen LogP contribution < -0.4 is 10.5 Å². The molecular weight excluding hydrogens is 176 g/mol. The number of nitrogens with zero attached hydrogens (tertiary/aromatic N) is 1. The van der Waals surface area contributed by atoms with Crippen molar-refractivity contribution in [3.8, 4) is 11.8 Å². The third kappa shape index (κ3) is 2.40. The van der Waals surface area contributed by atoms with E-state index in [2.05, 4.69) is 6.07 Å². The van der Waals surface area contributed by atoms with Crippen LogP contribution in [-0.2, 0) is 0 Å². The Morgan fingerprint density at radius 2 is 2.29 bits per heavy atom. The average Bonchev–Trinajstić information content (AvgIpc) is 2.17. The molecule has 0 heterocycles. The van der Waals surface area contributed by atoms with Gasteiger partial charge in [0.1, 0.15) is 11.8 Å². The zero-order valence-electron chi connectivity index (χ0n) is 8.45. The van der Waals surface area contributed by atoms with Gasteiger partial charge in [0.05, 0.1) is 5.69 Å². The molecule has 2 N–H and O–H groups in total. The van der Waals surface area contributed by atoms with E-state index in [9.17, 15) is 0 Å². The fourth-order valence-corrected chi connectivity index (χ4v) is 1.13. The fraction of sp³-hybridized carbons (Fsp3) is 0.364. The van der Waals surface area contributed by atoms with E-state index in [1.165, 1.54) is 0 Å². The molecule has 0 aliphatic rings. The number of ether oxygens (including phenoxy) is 1. The topological polar surface area (TPSA) is 59.0 Å². The van der Waals surface area contributed by atoms with Gasteiger partial charge < -0.3 is 10.5 Å². The van der Waals surface area contributed by atoms with Crippen LogP contribution in [0.3, 0.4) is 0 Å². The van der Waals surface area contributed by atoms with Crippen LogP contribution in [0.4, 0.5) is 5.69 Å². The number of nitrogens with two attached hydrogens (primary N) is 1. The molecule has 0 fully saturated rings. The maximum absolute atomic E-state index is 8.72. The lowest BCUT2D eigenvalue weighted by molar-refractivity contribution is 0.253. The molecule has 3 heteroatoms. The molecule has 74 valence electrons. The maximum Gasteiger partial charge on any atom is 0.184 e. The normalized spacial score (nSPS) is 11.8. The van der Waals surface area contributed by atoms with Crippen LogP contribution in [0.15, 0.2) is 18.2 Å². The highest BCUT2D eigenvalue weighted by molar-refractivity contribution is 5.54. The monoisotopic (exact) mass is 190 g/mol. The van der Waals surface area contributed by atoms with Gasteiger partial charge in [0.15, 0.2) is 6.10 Å². The van der Waals surface area contributed by atoms with Crippen LogP contribution in [-0.4, -0.2) is 6.10 Å². The summed E-state index contributed by atoms with van der Waals surface area (Å²) in [6.45, 7) is 3.86. The maximum atomic E-state index is 8.72. The van der Waals surface area contributed by atoms with Crippen molar-refractivity contribution in [1.82, 2.24) is 0 Å². The molecule has 0 aliphatic heterocycles. The molecule has 0 saturated carbocycles. The Bertz CT molecular complexity index is 355. The standard InChI is InChI=1S/C11H14N2O/c1-3-9(7-12)14-11-5-4-8(2)6-10(11)13/h4-6,9H,3,13H2,1-2H3. The van der Waals surface area contributed by atoms with Crippen molar-refractivity contribution < 1.29 is 4.74 Å². The molecule has 3 nitrogen and oxygen atoms in total. The highest BCUT2D eigenvalue weighted by atomic mass is 16.5. The summed E-state index contributed by atoms with van der Waals surface area (Å²) in [6, 6.07) is 7.61. The second kappa shape index (κ2) is 4.52. The van der Waals surface area contributed by atoms with Gasteiger partial charge in [0.25, 0.3) is 0 Å². The SMILES string of the molecule is CCC(C#N)Oc1ccc(C)cc1N. The van der Waals surface area contributed by atoms with Gasteiger partial charge in [-0.05, 0) is 31.0 Å². The molecule has 1 aromatic carbocycles. The molecule has 1 atom stereocenters. The van der Waals surface area contributed by atoms with Crippen molar-refractivity contribution in [2.45, 2.75) is 26.4 Å². The Balaban J connectivity index is 2.82. The minimum atomic E-state index is -0.417. The van der Waals surface area contributed by atoms with Crippen LogP contribution in [0.5, 0.6) is 5.75 Å². The van der Waals surface area contributed by atoms with Gasteiger partial charge in [0, 0.05) is 0 Å². The second-order valence-corrected chi connectivity index (χ2v) is 3.19. The van der Waals surface area contributed by atoms with Crippen LogP contribution >= 0.6 is 0 Å². The first-order valence-corrected chi connectivity index (χ1v) is 4.59. The Labute approximate surface area is 84.1 Å². The number of nitrogen functional groups attached to an aromatic ring is 1. The number of rotatable bonds is 3. The summed E-state index contributed by atoms with van der Waals surface area (Å²) >= 11 is 0. The molecule has 0 saturated heterocycles. The first-order chi connectivity index (χ1) is 6.67. The third-order valence-corrected chi connectivity index (χ3v) is 1.95. The average molecular weight is 190 g/mol. The van der Waals surface area contributed by atoms with E-state index in [1.54, 1.807) is 6.07 Å². The van der Waals surface area contributed by atoms with Crippen molar-refractivity contribution in [2.75, 3.05) is 5.73 Å². The molecule has 0 aromatic heterocycles. The van der Waals surface area contributed by atoms with Gasteiger partial charge in [-0.15, -0.1) is 0 Å². The van der Waals surface area contributed by atoms with Gasteiger partial charge in [-0.25, -0.2) is 0 Å². The van der Waals surface area contributed by atoms with Gasteiger partial charge in [-0.1, -0.05) is 13.0 Å². The first-order valence-electron chi connectivity index (χ1n) is 4.59. The zero-order chi connectivity index (χ0) is 10.6. The van der Waals surface area contributed by atoms with E-state index in [0.29, 0.717) is 17.9 Å². The van der Waals surface area contributed by atoms with E-state index in [1.807, 2.05) is 26.0 Å². The molecule has 0 spiro atoms. The van der Waals surface area contributed by atoms with E-state index < -0.39 is 6.10 Å². The zero-order valence-corrected chi connectivity index (χ0v) is 8.45. The van der Waals surface area contributed by atoms with Crippen molar-refractivity contribution in [3.05, 3.63) is 23.8 Å². The summed E-state index contributed by atoms with van der Waals surface area (Å²) in [6.07, 6.45) is 0.240. The fourth-order valence-electron chi connectivity index (χ4n) is 1.13. The predicted octanol–water partition coefficient (Wildman–Crippen LogP) is 2.26.